The normalized spacial score (nSPS) is 12.7. The van der Waals surface area contributed by atoms with Crippen LogP contribution in [0, 0.1) is 6.10 Å². The first-order valence-electron chi connectivity index (χ1n) is 3.04. The molecule has 3 heteroatoms. The second kappa shape index (κ2) is 3.15. The highest BCUT2D eigenvalue weighted by molar-refractivity contribution is 4.88. The fraction of sp³-hybridized carbons (Fsp3) is 0.833. The molecule has 0 rings (SSSR count). The van der Waals surface area contributed by atoms with E-state index in [2.05, 4.69) is 0 Å². The first-order valence-corrected chi connectivity index (χ1v) is 3.04. The summed E-state index contributed by atoms with van der Waals surface area (Å²) in [6.45, 7) is 3.25. The number of aliphatic hydroxyl groups excluding tert-OH is 1. The van der Waals surface area contributed by atoms with Crippen molar-refractivity contribution in [2.45, 2.75) is 32.5 Å². The highest BCUT2D eigenvalue weighted by atomic mass is 16.5. The Hall–Kier alpha value is -0.120. The molecule has 0 spiro atoms. The maximum atomic E-state index is 8.86. The summed E-state index contributed by atoms with van der Waals surface area (Å²) in [6.07, 6.45) is 0.123. The Balaban J connectivity index is 3.80. The fourth-order valence-electron chi connectivity index (χ4n) is 0.487. The van der Waals surface area contributed by atoms with Crippen LogP contribution in [-0.4, -0.2) is 21.1 Å². The molecule has 0 aromatic heterocycles. The molecule has 3 nitrogen and oxygen atoms in total. The Labute approximate surface area is 54.9 Å². The minimum Gasteiger partial charge on any atom is -0.381 e. The largest absolute Gasteiger partial charge is 0.381 e. The van der Waals surface area contributed by atoms with E-state index in [9.17, 15) is 0 Å². The summed E-state index contributed by atoms with van der Waals surface area (Å²) >= 11 is 0. The lowest BCUT2D eigenvalue weighted by atomic mass is 10.1. The molecular weight excluding hydrogens is 120 g/mol. The van der Waals surface area contributed by atoms with E-state index in [1.807, 2.05) is 0 Å². The standard InChI is InChI=1S/C6H13O3/c1-3-5(7)6(8,9)4-2/h7-9H,3-4H2,1-2H3. The van der Waals surface area contributed by atoms with E-state index in [1.54, 1.807) is 13.8 Å². The van der Waals surface area contributed by atoms with Crippen molar-refractivity contribution in [3.63, 3.8) is 0 Å². The monoisotopic (exact) mass is 133 g/mol. The van der Waals surface area contributed by atoms with Crippen molar-refractivity contribution in [3.8, 4) is 0 Å². The average molecular weight is 133 g/mol. The van der Waals surface area contributed by atoms with Crippen molar-refractivity contribution in [1.82, 2.24) is 0 Å². The zero-order valence-corrected chi connectivity index (χ0v) is 5.76. The molecule has 0 heterocycles. The minimum absolute atomic E-state index is 0.118. The van der Waals surface area contributed by atoms with E-state index in [0.29, 0.717) is 0 Å². The molecule has 9 heavy (non-hydrogen) atoms. The van der Waals surface area contributed by atoms with E-state index in [4.69, 9.17) is 15.3 Å². The molecule has 0 atom stereocenters. The van der Waals surface area contributed by atoms with Crippen LogP contribution in [0.1, 0.15) is 26.7 Å². The molecule has 0 aliphatic rings. The molecule has 1 radical (unpaired) electrons. The van der Waals surface area contributed by atoms with Gasteiger partial charge in [0, 0.05) is 6.42 Å². The van der Waals surface area contributed by atoms with Crippen LogP contribution in [-0.2, 0) is 0 Å². The van der Waals surface area contributed by atoms with Crippen LogP contribution in [0.15, 0.2) is 0 Å². The van der Waals surface area contributed by atoms with Gasteiger partial charge in [0.25, 0.3) is 0 Å². The second-order valence-corrected chi connectivity index (χ2v) is 1.97. The molecule has 0 bridgehead atoms. The Morgan fingerprint density at radius 3 is 1.89 bits per heavy atom. The van der Waals surface area contributed by atoms with Gasteiger partial charge in [-0.15, -0.1) is 0 Å². The van der Waals surface area contributed by atoms with Gasteiger partial charge in [0.05, 0.1) is 0 Å². The van der Waals surface area contributed by atoms with E-state index >= 15 is 0 Å². The molecule has 0 saturated carbocycles. The first kappa shape index (κ1) is 8.88. The van der Waals surface area contributed by atoms with Gasteiger partial charge in [-0.2, -0.15) is 0 Å². The summed E-state index contributed by atoms with van der Waals surface area (Å²) in [5.41, 5.74) is 0. The van der Waals surface area contributed by atoms with Crippen LogP contribution >= 0.6 is 0 Å². The predicted molar refractivity (Wildman–Crippen MR) is 32.9 cm³/mol. The summed E-state index contributed by atoms with van der Waals surface area (Å²) in [5, 5.41) is 26.5. The van der Waals surface area contributed by atoms with E-state index < -0.39 is 5.79 Å². The van der Waals surface area contributed by atoms with Gasteiger partial charge in [-0.25, -0.2) is 0 Å². The molecule has 3 N–H and O–H groups in total. The highest BCUT2D eigenvalue weighted by Gasteiger charge is 2.30. The van der Waals surface area contributed by atoms with Gasteiger partial charge in [-0.3, -0.25) is 0 Å². The molecule has 0 aliphatic heterocycles. The molecule has 0 unspecified atom stereocenters. The summed E-state index contributed by atoms with van der Waals surface area (Å²) < 4.78 is 0. The van der Waals surface area contributed by atoms with Gasteiger partial charge in [0.2, 0.25) is 0 Å². The van der Waals surface area contributed by atoms with Crippen LogP contribution in [0.3, 0.4) is 0 Å². The van der Waals surface area contributed by atoms with Crippen molar-refractivity contribution in [2.24, 2.45) is 0 Å². The van der Waals surface area contributed by atoms with Crippen molar-refractivity contribution >= 4 is 0 Å². The number of hydrogen-bond donors (Lipinski definition) is 3. The Kier molecular flexibility index (Phi) is 3.11. The minimum atomic E-state index is -1.98. The van der Waals surface area contributed by atoms with Crippen LogP contribution in [0.4, 0.5) is 0 Å². The third kappa shape index (κ3) is 2.30. The van der Waals surface area contributed by atoms with E-state index in [-0.39, 0.29) is 18.9 Å². The molecule has 0 fully saturated rings. The number of aliphatic hydroxyl groups is 3. The van der Waals surface area contributed by atoms with Gasteiger partial charge in [0.15, 0.2) is 11.9 Å². The lowest BCUT2D eigenvalue weighted by Crippen LogP contribution is -2.34. The topological polar surface area (TPSA) is 60.7 Å². The number of rotatable bonds is 3. The third-order valence-corrected chi connectivity index (χ3v) is 1.29. The Morgan fingerprint density at radius 2 is 1.78 bits per heavy atom. The maximum Gasteiger partial charge on any atom is 0.195 e. The molecule has 0 aliphatic carbocycles. The zero-order chi connectivity index (χ0) is 7.49. The summed E-state index contributed by atoms with van der Waals surface area (Å²) in [7, 11) is 0. The molecule has 0 aromatic rings. The van der Waals surface area contributed by atoms with Crippen LogP contribution in [0.25, 0.3) is 0 Å². The average Bonchev–Trinajstić information content (AvgIpc) is 1.86. The Morgan fingerprint density at radius 1 is 1.33 bits per heavy atom. The van der Waals surface area contributed by atoms with Gasteiger partial charge >= 0.3 is 0 Å². The Bertz CT molecular complexity index is 80.4. The van der Waals surface area contributed by atoms with Crippen molar-refractivity contribution in [2.75, 3.05) is 0 Å². The van der Waals surface area contributed by atoms with Crippen molar-refractivity contribution in [3.05, 3.63) is 6.10 Å². The van der Waals surface area contributed by atoms with Crippen molar-refractivity contribution < 1.29 is 15.3 Å². The quantitative estimate of drug-likeness (QED) is 0.488. The SMILES string of the molecule is CC[C](O)C(O)(O)CC. The lowest BCUT2D eigenvalue weighted by Gasteiger charge is -2.23. The fourth-order valence-corrected chi connectivity index (χ4v) is 0.487. The van der Waals surface area contributed by atoms with Gasteiger partial charge in [0.1, 0.15) is 0 Å². The summed E-state index contributed by atoms with van der Waals surface area (Å²) in [4.78, 5) is 0. The maximum absolute atomic E-state index is 8.86. The summed E-state index contributed by atoms with van der Waals surface area (Å²) in [5.74, 6) is -1.98. The van der Waals surface area contributed by atoms with E-state index in [0.717, 1.165) is 0 Å². The van der Waals surface area contributed by atoms with Gasteiger partial charge < -0.3 is 15.3 Å². The third-order valence-electron chi connectivity index (χ3n) is 1.29. The smallest absolute Gasteiger partial charge is 0.195 e. The van der Waals surface area contributed by atoms with Crippen molar-refractivity contribution in [1.29, 1.82) is 0 Å². The summed E-state index contributed by atoms with van der Waals surface area (Å²) in [6, 6.07) is 0. The number of hydrogen-bond acceptors (Lipinski definition) is 3. The van der Waals surface area contributed by atoms with Crippen LogP contribution in [0.5, 0.6) is 0 Å². The van der Waals surface area contributed by atoms with Gasteiger partial charge in [-0.1, -0.05) is 13.8 Å². The zero-order valence-electron chi connectivity index (χ0n) is 5.76. The lowest BCUT2D eigenvalue weighted by molar-refractivity contribution is -0.183. The molecule has 55 valence electrons. The predicted octanol–water partition coefficient (Wildman–Crippen LogP) is 0.392. The van der Waals surface area contributed by atoms with Crippen LogP contribution in [0.2, 0.25) is 0 Å². The highest BCUT2D eigenvalue weighted by Crippen LogP contribution is 2.19. The molecule has 0 aromatic carbocycles. The molecule has 0 saturated heterocycles. The van der Waals surface area contributed by atoms with E-state index in [1.165, 1.54) is 0 Å². The molecule has 0 amide bonds. The van der Waals surface area contributed by atoms with Gasteiger partial charge in [-0.05, 0) is 6.42 Å². The second-order valence-electron chi connectivity index (χ2n) is 1.97. The van der Waals surface area contributed by atoms with Crippen LogP contribution < -0.4 is 0 Å². The first-order chi connectivity index (χ1) is 4.04. The molecular formula is C6H13O3.